The topological polar surface area (TPSA) is 67.6 Å². The summed E-state index contributed by atoms with van der Waals surface area (Å²) in [6.07, 6.45) is 0. The van der Waals surface area contributed by atoms with E-state index in [0.29, 0.717) is 30.2 Å². The van der Waals surface area contributed by atoms with Crippen LogP contribution in [0.2, 0.25) is 0 Å². The number of nitrogens with one attached hydrogen (secondary N) is 1. The Morgan fingerprint density at radius 1 is 1.17 bits per heavy atom. The number of carbonyl (C=O) groups is 1. The van der Waals surface area contributed by atoms with Gasteiger partial charge in [-0.3, -0.25) is 4.79 Å². The standard InChI is InChI=1S/C17H18BrN3O2/c18-13-3-1-2-12(10-13)17(22)20-14-4-5-16(15(19)11-14)21-6-8-23-9-7-21/h1-5,10-11H,6-9,19H2,(H,20,22). The van der Waals surface area contributed by atoms with Gasteiger partial charge in [-0.15, -0.1) is 0 Å². The van der Waals surface area contributed by atoms with Crippen LogP contribution < -0.4 is 16.0 Å². The van der Waals surface area contributed by atoms with Crippen LogP contribution in [0.5, 0.6) is 0 Å². The van der Waals surface area contributed by atoms with Gasteiger partial charge in [-0.1, -0.05) is 22.0 Å². The molecule has 2 aromatic rings. The molecule has 0 atom stereocenters. The zero-order chi connectivity index (χ0) is 16.2. The first-order valence-corrected chi connectivity index (χ1v) is 8.22. The maximum atomic E-state index is 12.3. The van der Waals surface area contributed by atoms with Crippen LogP contribution in [0.15, 0.2) is 46.9 Å². The predicted molar refractivity (Wildman–Crippen MR) is 96.0 cm³/mol. The van der Waals surface area contributed by atoms with Gasteiger partial charge in [0.1, 0.15) is 0 Å². The number of morpholine rings is 1. The zero-order valence-corrected chi connectivity index (χ0v) is 14.2. The molecule has 6 heteroatoms. The number of hydrogen-bond acceptors (Lipinski definition) is 4. The van der Waals surface area contributed by atoms with E-state index < -0.39 is 0 Å². The number of nitrogens with two attached hydrogens (primary N) is 1. The van der Waals surface area contributed by atoms with Crippen LogP contribution in [0.4, 0.5) is 17.1 Å². The number of rotatable bonds is 3. The van der Waals surface area contributed by atoms with Crippen LogP contribution >= 0.6 is 15.9 Å². The Morgan fingerprint density at radius 2 is 1.96 bits per heavy atom. The summed E-state index contributed by atoms with van der Waals surface area (Å²) < 4.78 is 6.22. The van der Waals surface area contributed by atoms with E-state index in [0.717, 1.165) is 23.2 Å². The summed E-state index contributed by atoms with van der Waals surface area (Å²) in [5.74, 6) is -0.162. The third kappa shape index (κ3) is 3.83. The highest BCUT2D eigenvalue weighted by molar-refractivity contribution is 9.10. The Hall–Kier alpha value is -2.05. The van der Waals surface area contributed by atoms with Gasteiger partial charge >= 0.3 is 0 Å². The third-order valence-corrected chi connectivity index (χ3v) is 4.22. The van der Waals surface area contributed by atoms with Crippen molar-refractivity contribution in [2.45, 2.75) is 0 Å². The van der Waals surface area contributed by atoms with Crippen LogP contribution in [0, 0.1) is 0 Å². The molecule has 1 aliphatic rings. The van der Waals surface area contributed by atoms with Crippen molar-refractivity contribution in [3.05, 3.63) is 52.5 Å². The molecule has 5 nitrogen and oxygen atoms in total. The van der Waals surface area contributed by atoms with E-state index >= 15 is 0 Å². The summed E-state index contributed by atoms with van der Waals surface area (Å²) in [4.78, 5) is 14.5. The van der Waals surface area contributed by atoms with Gasteiger partial charge in [0.2, 0.25) is 0 Å². The average molecular weight is 376 g/mol. The van der Waals surface area contributed by atoms with Crippen molar-refractivity contribution in [3.8, 4) is 0 Å². The molecule has 3 N–H and O–H groups in total. The highest BCUT2D eigenvalue weighted by atomic mass is 79.9. The summed E-state index contributed by atoms with van der Waals surface area (Å²) in [6.45, 7) is 3.07. The molecular formula is C17H18BrN3O2. The highest BCUT2D eigenvalue weighted by Crippen LogP contribution is 2.27. The number of carbonyl (C=O) groups excluding carboxylic acids is 1. The Labute approximate surface area is 143 Å². The maximum absolute atomic E-state index is 12.3. The lowest BCUT2D eigenvalue weighted by Crippen LogP contribution is -2.36. The predicted octanol–water partition coefficient (Wildman–Crippen LogP) is 3.12. The molecule has 0 spiro atoms. The number of ether oxygens (including phenoxy) is 1. The molecule has 1 fully saturated rings. The van der Waals surface area contributed by atoms with E-state index in [1.807, 2.05) is 24.3 Å². The molecule has 0 unspecified atom stereocenters. The van der Waals surface area contributed by atoms with Crippen molar-refractivity contribution in [1.29, 1.82) is 0 Å². The Balaban J connectivity index is 1.73. The van der Waals surface area contributed by atoms with Crippen molar-refractivity contribution >= 4 is 38.9 Å². The maximum Gasteiger partial charge on any atom is 0.255 e. The SMILES string of the molecule is Nc1cc(NC(=O)c2cccc(Br)c2)ccc1N1CCOCC1. The molecule has 1 amide bonds. The molecule has 0 bridgehead atoms. The number of nitrogen functional groups attached to an aromatic ring is 1. The molecule has 0 aromatic heterocycles. The number of hydrogen-bond donors (Lipinski definition) is 2. The smallest absolute Gasteiger partial charge is 0.255 e. The van der Waals surface area contributed by atoms with Crippen molar-refractivity contribution in [1.82, 2.24) is 0 Å². The van der Waals surface area contributed by atoms with E-state index in [4.69, 9.17) is 10.5 Å². The minimum Gasteiger partial charge on any atom is -0.397 e. The first-order valence-electron chi connectivity index (χ1n) is 7.42. The lowest BCUT2D eigenvalue weighted by molar-refractivity contribution is 0.102. The minimum absolute atomic E-state index is 0.162. The number of amides is 1. The molecule has 2 aromatic carbocycles. The molecule has 1 heterocycles. The van der Waals surface area contributed by atoms with Gasteiger partial charge in [-0.2, -0.15) is 0 Å². The van der Waals surface area contributed by atoms with E-state index in [1.165, 1.54) is 0 Å². The normalized spacial score (nSPS) is 14.6. The highest BCUT2D eigenvalue weighted by Gasteiger charge is 2.14. The number of nitrogens with zero attached hydrogens (tertiary/aromatic N) is 1. The van der Waals surface area contributed by atoms with Gasteiger partial charge in [-0.05, 0) is 36.4 Å². The third-order valence-electron chi connectivity index (χ3n) is 3.72. The number of anilines is 3. The fourth-order valence-corrected chi connectivity index (χ4v) is 2.96. The van der Waals surface area contributed by atoms with Gasteiger partial charge in [0.05, 0.1) is 24.6 Å². The second kappa shape index (κ2) is 7.02. The summed E-state index contributed by atoms with van der Waals surface area (Å²) in [5.41, 5.74) is 9.06. The zero-order valence-electron chi connectivity index (χ0n) is 12.6. The fraction of sp³-hybridized carbons (Fsp3) is 0.235. The first-order chi connectivity index (χ1) is 11.1. The molecule has 120 valence electrons. The minimum atomic E-state index is -0.162. The first kappa shape index (κ1) is 15.8. The molecule has 1 aliphatic heterocycles. The van der Waals surface area contributed by atoms with Gasteiger partial charge in [-0.25, -0.2) is 0 Å². The van der Waals surface area contributed by atoms with Crippen molar-refractivity contribution < 1.29 is 9.53 Å². The molecule has 3 rings (SSSR count). The van der Waals surface area contributed by atoms with Crippen LogP contribution in [0.1, 0.15) is 10.4 Å². The number of halogens is 1. The Morgan fingerprint density at radius 3 is 2.65 bits per heavy atom. The lowest BCUT2D eigenvalue weighted by Gasteiger charge is -2.30. The molecule has 1 saturated heterocycles. The van der Waals surface area contributed by atoms with E-state index in [2.05, 4.69) is 26.1 Å². The van der Waals surface area contributed by atoms with Crippen LogP contribution in [0.3, 0.4) is 0 Å². The summed E-state index contributed by atoms with van der Waals surface area (Å²) >= 11 is 3.37. The van der Waals surface area contributed by atoms with E-state index in [1.54, 1.807) is 18.2 Å². The Bertz CT molecular complexity index is 715. The van der Waals surface area contributed by atoms with Crippen LogP contribution in [0.25, 0.3) is 0 Å². The summed E-state index contributed by atoms with van der Waals surface area (Å²) in [5, 5.41) is 2.87. The number of benzene rings is 2. The lowest BCUT2D eigenvalue weighted by atomic mass is 10.2. The summed E-state index contributed by atoms with van der Waals surface area (Å²) in [7, 11) is 0. The molecule has 0 saturated carbocycles. The van der Waals surface area contributed by atoms with Crippen molar-refractivity contribution in [3.63, 3.8) is 0 Å². The van der Waals surface area contributed by atoms with Crippen molar-refractivity contribution in [2.24, 2.45) is 0 Å². The average Bonchev–Trinajstić information content (AvgIpc) is 2.56. The van der Waals surface area contributed by atoms with Gasteiger partial charge in [0.15, 0.2) is 0 Å². The largest absolute Gasteiger partial charge is 0.397 e. The summed E-state index contributed by atoms with van der Waals surface area (Å²) in [6, 6.07) is 12.9. The monoisotopic (exact) mass is 375 g/mol. The van der Waals surface area contributed by atoms with E-state index in [9.17, 15) is 4.79 Å². The molecule has 23 heavy (non-hydrogen) atoms. The Kier molecular flexibility index (Phi) is 4.83. The quantitative estimate of drug-likeness (QED) is 0.808. The van der Waals surface area contributed by atoms with Gasteiger partial charge in [0, 0.05) is 28.8 Å². The van der Waals surface area contributed by atoms with Crippen LogP contribution in [-0.4, -0.2) is 32.2 Å². The van der Waals surface area contributed by atoms with Crippen LogP contribution in [-0.2, 0) is 4.74 Å². The van der Waals surface area contributed by atoms with Gasteiger partial charge in [0.25, 0.3) is 5.91 Å². The fourth-order valence-electron chi connectivity index (χ4n) is 2.56. The van der Waals surface area contributed by atoms with E-state index in [-0.39, 0.29) is 5.91 Å². The molecular weight excluding hydrogens is 358 g/mol. The van der Waals surface area contributed by atoms with Gasteiger partial charge < -0.3 is 20.7 Å². The second-order valence-electron chi connectivity index (χ2n) is 5.34. The second-order valence-corrected chi connectivity index (χ2v) is 6.25. The van der Waals surface area contributed by atoms with Crippen molar-refractivity contribution in [2.75, 3.05) is 42.3 Å². The molecule has 0 aliphatic carbocycles. The molecule has 0 radical (unpaired) electrons.